The van der Waals surface area contributed by atoms with Crippen LogP contribution >= 0.6 is 34.4 Å². The van der Waals surface area contributed by atoms with E-state index in [0.29, 0.717) is 14.3 Å². The highest BCUT2D eigenvalue weighted by atomic mass is 32.2. The molecule has 4 aromatic rings. The number of nitro groups is 1. The summed E-state index contributed by atoms with van der Waals surface area (Å²) >= 11 is 3.70. The number of nitrogens with one attached hydrogen (secondary N) is 1. The van der Waals surface area contributed by atoms with Gasteiger partial charge in [0, 0.05) is 12.1 Å². The molecule has 0 radical (unpaired) electrons. The summed E-state index contributed by atoms with van der Waals surface area (Å²) in [4.78, 5) is 47.6. The summed E-state index contributed by atoms with van der Waals surface area (Å²) in [6.45, 7) is 0. The van der Waals surface area contributed by atoms with Crippen molar-refractivity contribution in [2.75, 3.05) is 5.32 Å². The number of carbonyl (C=O) groups is 2. The number of thioether (sulfide) groups is 1. The molecule has 4 rings (SSSR count). The molecular formula is C20H12N4O7S3. The number of ether oxygens (including phenoxy) is 1. The SMILES string of the molecule is O=C(Nc1nnc(SCc2cc(=O)c(OC(=O)c3ccccc3[N+](=O)[O-])co2)s1)c1cccs1. The lowest BCUT2D eigenvalue weighted by Gasteiger charge is -2.05. The summed E-state index contributed by atoms with van der Waals surface area (Å²) in [5.41, 5.74) is -1.35. The van der Waals surface area contributed by atoms with Gasteiger partial charge in [-0.25, -0.2) is 4.79 Å². The van der Waals surface area contributed by atoms with E-state index >= 15 is 0 Å². The predicted molar refractivity (Wildman–Crippen MR) is 125 cm³/mol. The first-order chi connectivity index (χ1) is 16.4. The van der Waals surface area contributed by atoms with Crippen LogP contribution in [0.5, 0.6) is 5.75 Å². The summed E-state index contributed by atoms with van der Waals surface area (Å²) in [7, 11) is 0. The molecule has 0 spiro atoms. The number of hydrogen-bond acceptors (Lipinski definition) is 12. The lowest BCUT2D eigenvalue weighted by molar-refractivity contribution is -0.385. The molecule has 172 valence electrons. The third-order valence-corrected chi connectivity index (χ3v) is 6.95. The number of nitrogens with zero attached hydrogens (tertiary/aromatic N) is 3. The molecule has 34 heavy (non-hydrogen) atoms. The fourth-order valence-electron chi connectivity index (χ4n) is 2.57. The summed E-state index contributed by atoms with van der Waals surface area (Å²) < 4.78 is 10.9. The van der Waals surface area contributed by atoms with Gasteiger partial charge in [0.1, 0.15) is 17.6 Å². The molecule has 3 aromatic heterocycles. The number of rotatable bonds is 8. The minimum Gasteiger partial charge on any atom is -0.464 e. The second kappa shape index (κ2) is 10.4. The molecule has 0 fully saturated rings. The number of hydrogen-bond donors (Lipinski definition) is 1. The van der Waals surface area contributed by atoms with Gasteiger partial charge in [-0.05, 0) is 17.5 Å². The highest BCUT2D eigenvalue weighted by molar-refractivity contribution is 8.00. The van der Waals surface area contributed by atoms with Crippen LogP contribution < -0.4 is 15.5 Å². The van der Waals surface area contributed by atoms with Gasteiger partial charge in [0.2, 0.25) is 16.3 Å². The second-order valence-electron chi connectivity index (χ2n) is 6.33. The smallest absolute Gasteiger partial charge is 0.350 e. The zero-order valence-electron chi connectivity index (χ0n) is 16.8. The highest BCUT2D eigenvalue weighted by Crippen LogP contribution is 2.29. The molecular weight excluding hydrogens is 504 g/mol. The van der Waals surface area contributed by atoms with E-state index in [1.54, 1.807) is 17.5 Å². The third-order valence-electron chi connectivity index (χ3n) is 4.09. The van der Waals surface area contributed by atoms with E-state index in [1.807, 2.05) is 0 Å². The number of nitro benzene ring substituents is 1. The molecule has 0 bridgehead atoms. The molecule has 0 aliphatic carbocycles. The van der Waals surface area contributed by atoms with Gasteiger partial charge in [0.25, 0.3) is 11.6 Å². The van der Waals surface area contributed by atoms with Crippen molar-refractivity contribution in [3.63, 3.8) is 0 Å². The van der Waals surface area contributed by atoms with E-state index in [2.05, 4.69) is 15.5 Å². The lowest BCUT2D eigenvalue weighted by atomic mass is 10.2. The number of benzene rings is 1. The average molecular weight is 517 g/mol. The van der Waals surface area contributed by atoms with Crippen LogP contribution in [0.3, 0.4) is 0 Å². The van der Waals surface area contributed by atoms with E-state index in [1.165, 1.54) is 41.3 Å². The summed E-state index contributed by atoms with van der Waals surface area (Å²) in [6, 6.07) is 9.86. The second-order valence-corrected chi connectivity index (χ2v) is 9.48. The van der Waals surface area contributed by atoms with Crippen LogP contribution in [0.4, 0.5) is 10.8 Å². The van der Waals surface area contributed by atoms with Gasteiger partial charge < -0.3 is 9.15 Å². The maximum Gasteiger partial charge on any atom is 0.350 e. The third kappa shape index (κ3) is 5.54. The number of thiophene rings is 1. The number of carbonyl (C=O) groups excluding carboxylic acids is 2. The number of para-hydroxylation sites is 1. The molecule has 0 unspecified atom stereocenters. The molecule has 0 atom stereocenters. The van der Waals surface area contributed by atoms with Crippen LogP contribution in [-0.2, 0) is 5.75 Å². The number of aromatic nitrogens is 2. The van der Waals surface area contributed by atoms with Crippen LogP contribution in [0.1, 0.15) is 25.8 Å². The molecule has 0 saturated heterocycles. The quantitative estimate of drug-likeness (QED) is 0.118. The normalized spacial score (nSPS) is 10.6. The average Bonchev–Trinajstić information content (AvgIpc) is 3.51. The van der Waals surface area contributed by atoms with Gasteiger partial charge in [-0.15, -0.1) is 21.5 Å². The van der Waals surface area contributed by atoms with Crippen molar-refractivity contribution in [2.45, 2.75) is 10.1 Å². The number of esters is 1. The summed E-state index contributed by atoms with van der Waals surface area (Å²) in [5.74, 6) is -1.22. The van der Waals surface area contributed by atoms with Crippen molar-refractivity contribution in [1.29, 1.82) is 0 Å². The Morgan fingerprint density at radius 1 is 1.21 bits per heavy atom. The van der Waals surface area contributed by atoms with Crippen LogP contribution in [0, 0.1) is 10.1 Å². The van der Waals surface area contributed by atoms with E-state index < -0.39 is 27.8 Å². The first-order valence-electron chi connectivity index (χ1n) is 9.29. The molecule has 1 N–H and O–H groups in total. The van der Waals surface area contributed by atoms with E-state index in [9.17, 15) is 24.5 Å². The van der Waals surface area contributed by atoms with Crippen molar-refractivity contribution in [2.24, 2.45) is 0 Å². The van der Waals surface area contributed by atoms with Crippen LogP contribution in [-0.4, -0.2) is 27.0 Å². The maximum atomic E-state index is 12.3. The van der Waals surface area contributed by atoms with Crippen molar-refractivity contribution < 1.29 is 23.7 Å². The van der Waals surface area contributed by atoms with Gasteiger partial charge in [0.05, 0.1) is 15.6 Å². The highest BCUT2D eigenvalue weighted by Gasteiger charge is 2.22. The fraction of sp³-hybridized carbons (Fsp3) is 0.0500. The fourth-order valence-corrected chi connectivity index (χ4v) is 4.82. The lowest BCUT2D eigenvalue weighted by Crippen LogP contribution is -2.16. The van der Waals surface area contributed by atoms with Crippen molar-refractivity contribution >= 4 is 57.1 Å². The number of amides is 1. The largest absolute Gasteiger partial charge is 0.464 e. The van der Waals surface area contributed by atoms with Gasteiger partial charge in [-0.2, -0.15) is 0 Å². The van der Waals surface area contributed by atoms with E-state index in [4.69, 9.17) is 9.15 Å². The van der Waals surface area contributed by atoms with Crippen LogP contribution in [0.25, 0.3) is 0 Å². The molecule has 0 aliphatic heterocycles. The monoisotopic (exact) mass is 516 g/mol. The zero-order chi connectivity index (χ0) is 24.1. The van der Waals surface area contributed by atoms with E-state index in [0.717, 1.165) is 29.7 Å². The Balaban J connectivity index is 1.36. The zero-order valence-corrected chi connectivity index (χ0v) is 19.3. The molecule has 0 aliphatic rings. The molecule has 14 heteroatoms. The maximum absolute atomic E-state index is 12.3. The first kappa shape index (κ1) is 23.3. The standard InChI is InChI=1S/C20H12N4O7S3/c25-14-8-11(10-33-20-23-22-19(34-20)21-17(26)16-6-3-7-32-16)30-9-15(14)31-18(27)12-4-1-2-5-13(12)24(28)29/h1-9H,10H2,(H,21,22,26). The van der Waals surface area contributed by atoms with Gasteiger partial charge in [-0.3, -0.25) is 25.0 Å². The molecule has 11 nitrogen and oxygen atoms in total. The summed E-state index contributed by atoms with van der Waals surface area (Å²) in [6.07, 6.45) is 0.970. The Hall–Kier alpha value is -3.88. The van der Waals surface area contributed by atoms with Gasteiger partial charge >= 0.3 is 5.97 Å². The Morgan fingerprint density at radius 3 is 2.76 bits per heavy atom. The summed E-state index contributed by atoms with van der Waals surface area (Å²) in [5, 5.41) is 23.8. The Morgan fingerprint density at radius 2 is 2.03 bits per heavy atom. The molecule has 1 amide bonds. The molecule has 3 heterocycles. The molecule has 1 aromatic carbocycles. The van der Waals surface area contributed by atoms with Gasteiger partial charge in [0.15, 0.2) is 4.34 Å². The van der Waals surface area contributed by atoms with Crippen molar-refractivity contribution in [1.82, 2.24) is 10.2 Å². The minimum atomic E-state index is -1.05. The van der Waals surface area contributed by atoms with Crippen LogP contribution in [0.15, 0.2) is 67.7 Å². The predicted octanol–water partition coefficient (Wildman–Crippen LogP) is 4.22. The Kier molecular flexibility index (Phi) is 7.10. The van der Waals surface area contributed by atoms with Crippen molar-refractivity contribution in [3.05, 3.63) is 90.6 Å². The first-order valence-corrected chi connectivity index (χ1v) is 12.0. The van der Waals surface area contributed by atoms with E-state index in [-0.39, 0.29) is 23.0 Å². The Labute approximate surface area is 202 Å². The topological polar surface area (TPSA) is 155 Å². The van der Waals surface area contributed by atoms with Crippen LogP contribution in [0.2, 0.25) is 0 Å². The molecule has 0 saturated carbocycles. The van der Waals surface area contributed by atoms with Gasteiger partial charge in [-0.1, -0.05) is 41.3 Å². The minimum absolute atomic E-state index is 0.223. The Bertz CT molecular complexity index is 1420. The number of anilines is 1. The van der Waals surface area contributed by atoms with Crippen molar-refractivity contribution in [3.8, 4) is 5.75 Å².